The number of sulfonamides is 1. The number of nitrogens with zero attached hydrogens (tertiary/aromatic N) is 2. The van der Waals surface area contributed by atoms with Crippen LogP contribution < -0.4 is 10.6 Å². The Kier molecular flexibility index (Phi) is 4.54. The number of hydrogen-bond acceptors (Lipinski definition) is 5. The normalized spacial score (nSPS) is 24.0. The van der Waals surface area contributed by atoms with E-state index in [0.29, 0.717) is 30.9 Å². The van der Waals surface area contributed by atoms with Gasteiger partial charge in [-0.1, -0.05) is 23.8 Å². The molecule has 0 saturated carbocycles. The van der Waals surface area contributed by atoms with Gasteiger partial charge in [-0.15, -0.1) is 4.40 Å². The van der Waals surface area contributed by atoms with Crippen LogP contribution in [0.1, 0.15) is 24.8 Å². The second kappa shape index (κ2) is 6.85. The lowest BCUT2D eigenvalue weighted by atomic mass is 10.1. The third-order valence-electron chi connectivity index (χ3n) is 5.09. The number of carbonyl (C=O) groups excluding carboxylic acids is 1. The minimum Gasteiger partial charge on any atom is -0.351 e. The lowest BCUT2D eigenvalue weighted by Crippen LogP contribution is -2.46. The molecule has 2 N–H and O–H groups in total. The van der Waals surface area contributed by atoms with E-state index >= 15 is 0 Å². The first-order chi connectivity index (χ1) is 12.6. The predicted molar refractivity (Wildman–Crippen MR) is 98.5 cm³/mol. The van der Waals surface area contributed by atoms with Crippen LogP contribution in [0, 0.1) is 0 Å². The van der Waals surface area contributed by atoms with Gasteiger partial charge in [0.05, 0.1) is 0 Å². The van der Waals surface area contributed by atoms with Crippen molar-refractivity contribution in [1.29, 1.82) is 0 Å². The summed E-state index contributed by atoms with van der Waals surface area (Å²) >= 11 is 0. The van der Waals surface area contributed by atoms with E-state index in [1.807, 2.05) is 4.90 Å². The van der Waals surface area contributed by atoms with Crippen LogP contribution in [0.3, 0.4) is 0 Å². The Morgan fingerprint density at radius 3 is 3.00 bits per heavy atom. The molecule has 3 aliphatic heterocycles. The van der Waals surface area contributed by atoms with Gasteiger partial charge in [-0.2, -0.15) is 8.42 Å². The summed E-state index contributed by atoms with van der Waals surface area (Å²) in [6, 6.07) is 6.43. The van der Waals surface area contributed by atoms with Gasteiger partial charge < -0.3 is 15.5 Å². The third kappa shape index (κ3) is 3.14. The van der Waals surface area contributed by atoms with Crippen LogP contribution in [-0.2, 0) is 14.8 Å². The summed E-state index contributed by atoms with van der Waals surface area (Å²) in [6.45, 7) is 2.95. The second-order valence-electron chi connectivity index (χ2n) is 6.77. The van der Waals surface area contributed by atoms with E-state index in [-0.39, 0.29) is 16.8 Å². The quantitative estimate of drug-likeness (QED) is 0.758. The molecule has 3 aliphatic rings. The maximum absolute atomic E-state index is 12.7. The molecule has 0 radical (unpaired) electrons. The van der Waals surface area contributed by atoms with Gasteiger partial charge in [0.15, 0.2) is 5.84 Å². The third-order valence-corrected chi connectivity index (χ3v) is 6.41. The predicted octanol–water partition coefficient (Wildman–Crippen LogP) is 0.636. The lowest BCUT2D eigenvalue weighted by Gasteiger charge is -2.26. The average molecular weight is 374 g/mol. The van der Waals surface area contributed by atoms with E-state index in [9.17, 15) is 13.2 Å². The zero-order valence-electron chi connectivity index (χ0n) is 14.4. The van der Waals surface area contributed by atoms with Crippen molar-refractivity contribution < 1.29 is 13.2 Å². The summed E-state index contributed by atoms with van der Waals surface area (Å²) in [4.78, 5) is 14.8. The van der Waals surface area contributed by atoms with Crippen LogP contribution in [0.25, 0.3) is 0 Å². The van der Waals surface area contributed by atoms with Crippen molar-refractivity contribution in [3.05, 3.63) is 41.5 Å². The first-order valence-corrected chi connectivity index (χ1v) is 10.4. The van der Waals surface area contributed by atoms with Gasteiger partial charge >= 0.3 is 0 Å². The number of benzene rings is 1. The molecule has 138 valence electrons. The lowest BCUT2D eigenvalue weighted by molar-refractivity contribution is -0.124. The van der Waals surface area contributed by atoms with Gasteiger partial charge in [-0.05, 0) is 37.9 Å². The Morgan fingerprint density at radius 1 is 1.35 bits per heavy atom. The van der Waals surface area contributed by atoms with Crippen molar-refractivity contribution in [3.63, 3.8) is 0 Å². The van der Waals surface area contributed by atoms with E-state index in [2.05, 4.69) is 21.1 Å². The molecule has 1 unspecified atom stereocenters. The van der Waals surface area contributed by atoms with Gasteiger partial charge in [-0.25, -0.2) is 0 Å². The molecule has 1 aromatic rings. The highest BCUT2D eigenvalue weighted by Gasteiger charge is 2.39. The highest BCUT2D eigenvalue weighted by Crippen LogP contribution is 2.31. The molecule has 1 fully saturated rings. The molecule has 4 rings (SSSR count). The fourth-order valence-corrected chi connectivity index (χ4v) is 4.95. The minimum absolute atomic E-state index is 0.0635. The van der Waals surface area contributed by atoms with Gasteiger partial charge in [-0.3, -0.25) is 4.79 Å². The van der Waals surface area contributed by atoms with Crippen LogP contribution in [-0.4, -0.2) is 57.3 Å². The number of amidine groups is 1. The highest BCUT2D eigenvalue weighted by atomic mass is 32.2. The molecule has 0 aliphatic carbocycles. The first kappa shape index (κ1) is 17.2. The number of likely N-dealkylation sites (tertiary alicyclic amines) is 1. The largest absolute Gasteiger partial charge is 0.351 e. The maximum Gasteiger partial charge on any atom is 0.285 e. The Morgan fingerprint density at radius 2 is 2.19 bits per heavy atom. The molecule has 1 atom stereocenters. The van der Waals surface area contributed by atoms with E-state index < -0.39 is 10.0 Å². The Balaban J connectivity index is 1.52. The molecular weight excluding hydrogens is 352 g/mol. The smallest absolute Gasteiger partial charge is 0.285 e. The van der Waals surface area contributed by atoms with Crippen molar-refractivity contribution >= 4 is 21.8 Å². The number of rotatable bonds is 3. The Bertz CT molecular complexity index is 891. The molecule has 0 aromatic heterocycles. The standard InChI is InChI=1S/C18H22N4O3S/c23-18(20-12-13-7-9-19-10-8-13)15-5-3-11-22(15)17-14-4-1-2-6-16(14)26(24,25)21-17/h1-2,4,6-7,15,19H,3,5,8-12H2,(H,20,23). The Hall–Kier alpha value is -2.19. The number of nitrogens with one attached hydrogen (secondary N) is 2. The second-order valence-corrected chi connectivity index (χ2v) is 8.34. The average Bonchev–Trinajstić information content (AvgIpc) is 3.24. The monoisotopic (exact) mass is 374 g/mol. The first-order valence-electron chi connectivity index (χ1n) is 8.93. The summed E-state index contributed by atoms with van der Waals surface area (Å²) in [5, 5.41) is 6.26. The van der Waals surface area contributed by atoms with Crippen molar-refractivity contribution in [2.75, 3.05) is 26.2 Å². The molecule has 7 nitrogen and oxygen atoms in total. The summed E-state index contributed by atoms with van der Waals surface area (Å²) in [5.41, 5.74) is 1.82. The molecule has 0 spiro atoms. The highest BCUT2D eigenvalue weighted by molar-refractivity contribution is 7.90. The summed E-state index contributed by atoms with van der Waals surface area (Å²) in [7, 11) is -3.67. The zero-order valence-corrected chi connectivity index (χ0v) is 15.3. The zero-order chi connectivity index (χ0) is 18.1. The van der Waals surface area contributed by atoms with Crippen molar-refractivity contribution in [2.45, 2.75) is 30.2 Å². The van der Waals surface area contributed by atoms with Gasteiger partial charge in [0.25, 0.3) is 10.0 Å². The summed E-state index contributed by atoms with van der Waals surface area (Å²) in [5.74, 6) is 0.339. The van der Waals surface area contributed by atoms with Crippen LogP contribution >= 0.6 is 0 Å². The minimum atomic E-state index is -3.67. The topological polar surface area (TPSA) is 90.9 Å². The molecule has 0 bridgehead atoms. The number of carbonyl (C=O) groups is 1. The fraction of sp³-hybridized carbons (Fsp3) is 0.444. The molecule has 8 heteroatoms. The van der Waals surface area contributed by atoms with Gasteiger partial charge in [0.1, 0.15) is 10.9 Å². The van der Waals surface area contributed by atoms with Crippen LogP contribution in [0.2, 0.25) is 0 Å². The van der Waals surface area contributed by atoms with Crippen molar-refractivity contribution in [1.82, 2.24) is 15.5 Å². The fourth-order valence-electron chi connectivity index (χ4n) is 3.74. The summed E-state index contributed by atoms with van der Waals surface area (Å²) < 4.78 is 28.6. The molecule has 1 amide bonds. The number of fused-ring (bicyclic) bond motifs is 1. The van der Waals surface area contributed by atoms with Crippen LogP contribution in [0.5, 0.6) is 0 Å². The molecule has 1 aromatic carbocycles. The van der Waals surface area contributed by atoms with E-state index in [4.69, 9.17) is 0 Å². The van der Waals surface area contributed by atoms with Crippen molar-refractivity contribution in [3.8, 4) is 0 Å². The van der Waals surface area contributed by atoms with E-state index in [1.165, 1.54) is 5.57 Å². The number of hydrogen-bond donors (Lipinski definition) is 2. The van der Waals surface area contributed by atoms with Crippen molar-refractivity contribution in [2.24, 2.45) is 4.40 Å². The molecule has 26 heavy (non-hydrogen) atoms. The van der Waals surface area contributed by atoms with E-state index in [1.54, 1.807) is 24.3 Å². The molecule has 3 heterocycles. The van der Waals surface area contributed by atoms with Crippen LogP contribution in [0.4, 0.5) is 0 Å². The van der Waals surface area contributed by atoms with E-state index in [0.717, 1.165) is 25.9 Å². The van der Waals surface area contributed by atoms with Gasteiger partial charge in [0, 0.05) is 25.2 Å². The van der Waals surface area contributed by atoms with Crippen LogP contribution in [0.15, 0.2) is 45.2 Å². The Labute approximate surface area is 153 Å². The maximum atomic E-state index is 12.7. The molecular formula is C18H22N4O3S. The SMILES string of the molecule is O=C(NCC1=CCNCC1)C1CCCN1C1=NS(=O)(=O)c2ccccc21. The molecule has 1 saturated heterocycles. The number of amides is 1. The summed E-state index contributed by atoms with van der Waals surface area (Å²) in [6.07, 6.45) is 4.59. The van der Waals surface area contributed by atoms with Gasteiger partial charge in [0.2, 0.25) is 5.91 Å².